The van der Waals surface area contributed by atoms with Gasteiger partial charge in [0.15, 0.2) is 0 Å². The highest BCUT2D eigenvalue weighted by Crippen LogP contribution is 2.29. The first-order valence-corrected chi connectivity index (χ1v) is 8.60. The summed E-state index contributed by atoms with van der Waals surface area (Å²) in [5.41, 5.74) is 3.18. The molecule has 0 saturated carbocycles. The zero-order valence-corrected chi connectivity index (χ0v) is 14.7. The molecule has 0 aliphatic carbocycles. The molecule has 126 valence electrons. The topological polar surface area (TPSA) is 20.3 Å². The van der Waals surface area contributed by atoms with Crippen LogP contribution in [0.1, 0.15) is 35.6 Å². The van der Waals surface area contributed by atoms with Crippen LogP contribution in [0.3, 0.4) is 0 Å². The van der Waals surface area contributed by atoms with Crippen molar-refractivity contribution < 1.29 is 4.79 Å². The van der Waals surface area contributed by atoms with Gasteiger partial charge in [-0.3, -0.25) is 4.79 Å². The maximum absolute atomic E-state index is 13.4. The van der Waals surface area contributed by atoms with Crippen LogP contribution in [0.2, 0.25) is 0 Å². The molecule has 0 bridgehead atoms. The van der Waals surface area contributed by atoms with E-state index in [1.165, 1.54) is 0 Å². The lowest BCUT2D eigenvalue weighted by Gasteiger charge is -2.30. The summed E-state index contributed by atoms with van der Waals surface area (Å²) >= 11 is 0. The molecule has 0 radical (unpaired) electrons. The number of likely N-dealkylation sites (N-methyl/N-ethyl adjacent to an activating group) is 1. The van der Waals surface area contributed by atoms with E-state index in [9.17, 15) is 4.79 Å². The highest BCUT2D eigenvalue weighted by molar-refractivity contribution is 5.87. The second kappa shape index (κ2) is 7.80. The van der Waals surface area contributed by atoms with Gasteiger partial charge in [-0.15, -0.1) is 0 Å². The number of hydrogen-bond acceptors (Lipinski definition) is 1. The molecule has 0 spiro atoms. The van der Waals surface area contributed by atoms with Crippen LogP contribution in [0, 0.1) is 0 Å². The van der Waals surface area contributed by atoms with Gasteiger partial charge in [-0.1, -0.05) is 91.0 Å². The van der Waals surface area contributed by atoms with Gasteiger partial charge in [0.2, 0.25) is 5.91 Å². The predicted molar refractivity (Wildman–Crippen MR) is 102 cm³/mol. The Morgan fingerprint density at radius 2 is 1.04 bits per heavy atom. The standard InChI is InChI=1S/C23H23NO/c1-18(19-12-6-3-7-13-19)24(2)23(25)22(20-14-8-4-9-15-20)21-16-10-5-11-17-21/h3-18,22H,1-2H3. The predicted octanol–water partition coefficient (Wildman–Crippen LogP) is 5.04. The van der Waals surface area contributed by atoms with Crippen LogP contribution in [0.5, 0.6) is 0 Å². The Morgan fingerprint density at radius 1 is 0.680 bits per heavy atom. The Labute approximate surface area is 149 Å². The molecule has 0 fully saturated rings. The van der Waals surface area contributed by atoms with E-state index in [1.54, 1.807) is 0 Å². The summed E-state index contributed by atoms with van der Waals surface area (Å²) in [4.78, 5) is 15.2. The molecule has 2 heteroatoms. The Hall–Kier alpha value is -2.87. The van der Waals surface area contributed by atoms with Crippen LogP contribution in [-0.2, 0) is 4.79 Å². The minimum atomic E-state index is -0.293. The highest BCUT2D eigenvalue weighted by Gasteiger charge is 2.28. The SMILES string of the molecule is CC(c1ccccc1)N(C)C(=O)C(c1ccccc1)c1ccccc1. The minimum absolute atomic E-state index is 0.0172. The lowest BCUT2D eigenvalue weighted by molar-refractivity contribution is -0.132. The van der Waals surface area contributed by atoms with E-state index < -0.39 is 0 Å². The van der Waals surface area contributed by atoms with Crippen molar-refractivity contribution >= 4 is 5.91 Å². The van der Waals surface area contributed by atoms with Crippen LogP contribution in [0.4, 0.5) is 0 Å². The van der Waals surface area contributed by atoms with Gasteiger partial charge in [0.05, 0.1) is 12.0 Å². The summed E-state index contributed by atoms with van der Waals surface area (Å²) in [6.45, 7) is 2.07. The largest absolute Gasteiger partial charge is 0.338 e. The van der Waals surface area contributed by atoms with E-state index in [1.807, 2.05) is 90.8 Å². The van der Waals surface area contributed by atoms with Crippen molar-refractivity contribution in [2.24, 2.45) is 0 Å². The van der Waals surface area contributed by atoms with Crippen LogP contribution >= 0.6 is 0 Å². The summed E-state index contributed by atoms with van der Waals surface area (Å²) in [5.74, 6) is -0.188. The zero-order chi connectivity index (χ0) is 17.6. The number of nitrogens with zero attached hydrogens (tertiary/aromatic N) is 1. The average Bonchev–Trinajstić information content (AvgIpc) is 2.69. The van der Waals surface area contributed by atoms with E-state index in [0.717, 1.165) is 16.7 Å². The first-order chi connectivity index (χ1) is 12.2. The number of carbonyl (C=O) groups is 1. The molecule has 0 aromatic heterocycles. The van der Waals surface area contributed by atoms with Crippen molar-refractivity contribution in [3.63, 3.8) is 0 Å². The Kier molecular flexibility index (Phi) is 5.30. The van der Waals surface area contributed by atoms with Crippen molar-refractivity contribution in [3.05, 3.63) is 108 Å². The Morgan fingerprint density at radius 3 is 1.44 bits per heavy atom. The Bertz CT molecular complexity index is 760. The van der Waals surface area contributed by atoms with Gasteiger partial charge in [0, 0.05) is 7.05 Å². The normalized spacial score (nSPS) is 12.0. The van der Waals surface area contributed by atoms with Gasteiger partial charge in [0.1, 0.15) is 0 Å². The number of amides is 1. The molecule has 0 aliphatic heterocycles. The highest BCUT2D eigenvalue weighted by atomic mass is 16.2. The van der Waals surface area contributed by atoms with E-state index in [0.29, 0.717) is 0 Å². The summed E-state index contributed by atoms with van der Waals surface area (Å²) in [5, 5.41) is 0. The summed E-state index contributed by atoms with van der Waals surface area (Å²) < 4.78 is 0. The van der Waals surface area contributed by atoms with Gasteiger partial charge >= 0.3 is 0 Å². The van der Waals surface area contributed by atoms with Crippen LogP contribution in [0.15, 0.2) is 91.0 Å². The number of rotatable bonds is 5. The van der Waals surface area contributed by atoms with Gasteiger partial charge in [-0.05, 0) is 23.6 Å². The van der Waals surface area contributed by atoms with Gasteiger partial charge < -0.3 is 4.90 Å². The minimum Gasteiger partial charge on any atom is -0.338 e. The van der Waals surface area contributed by atoms with Crippen LogP contribution in [0.25, 0.3) is 0 Å². The first-order valence-electron chi connectivity index (χ1n) is 8.60. The molecule has 0 aliphatic rings. The molecule has 0 N–H and O–H groups in total. The quantitative estimate of drug-likeness (QED) is 0.642. The van der Waals surface area contributed by atoms with Gasteiger partial charge in [-0.25, -0.2) is 0 Å². The van der Waals surface area contributed by atoms with Crippen molar-refractivity contribution in [1.29, 1.82) is 0 Å². The lowest BCUT2D eigenvalue weighted by atomic mass is 9.89. The second-order valence-electron chi connectivity index (χ2n) is 6.29. The van der Waals surface area contributed by atoms with E-state index in [-0.39, 0.29) is 17.9 Å². The smallest absolute Gasteiger partial charge is 0.234 e. The van der Waals surface area contributed by atoms with Gasteiger partial charge in [-0.2, -0.15) is 0 Å². The summed E-state index contributed by atoms with van der Waals surface area (Å²) in [6.07, 6.45) is 0. The zero-order valence-electron chi connectivity index (χ0n) is 14.7. The van der Waals surface area contributed by atoms with Crippen LogP contribution < -0.4 is 0 Å². The Balaban J connectivity index is 1.94. The second-order valence-corrected chi connectivity index (χ2v) is 6.29. The van der Waals surface area contributed by atoms with Crippen molar-refractivity contribution in [2.75, 3.05) is 7.05 Å². The van der Waals surface area contributed by atoms with Crippen molar-refractivity contribution in [1.82, 2.24) is 4.90 Å². The molecular formula is C23H23NO. The summed E-state index contributed by atoms with van der Waals surface area (Å²) in [7, 11) is 1.89. The molecular weight excluding hydrogens is 306 g/mol. The number of benzene rings is 3. The van der Waals surface area contributed by atoms with Crippen molar-refractivity contribution in [3.8, 4) is 0 Å². The van der Waals surface area contributed by atoms with E-state index in [4.69, 9.17) is 0 Å². The van der Waals surface area contributed by atoms with Crippen molar-refractivity contribution in [2.45, 2.75) is 18.9 Å². The van der Waals surface area contributed by atoms with E-state index >= 15 is 0 Å². The van der Waals surface area contributed by atoms with Gasteiger partial charge in [0.25, 0.3) is 0 Å². The first kappa shape index (κ1) is 17.0. The molecule has 3 aromatic carbocycles. The fourth-order valence-electron chi connectivity index (χ4n) is 3.12. The molecule has 1 amide bonds. The average molecular weight is 329 g/mol. The summed E-state index contributed by atoms with van der Waals surface area (Å²) in [6, 6.07) is 30.2. The molecule has 1 unspecified atom stereocenters. The molecule has 0 saturated heterocycles. The van der Waals surface area contributed by atoms with E-state index in [2.05, 4.69) is 19.1 Å². The molecule has 3 rings (SSSR count). The third-order valence-corrected chi connectivity index (χ3v) is 4.72. The number of carbonyl (C=O) groups excluding carboxylic acids is 1. The molecule has 0 heterocycles. The third-order valence-electron chi connectivity index (χ3n) is 4.72. The molecule has 3 aromatic rings. The number of hydrogen-bond donors (Lipinski definition) is 0. The molecule has 1 atom stereocenters. The maximum Gasteiger partial charge on any atom is 0.234 e. The third kappa shape index (κ3) is 3.80. The monoisotopic (exact) mass is 329 g/mol. The fraction of sp³-hybridized carbons (Fsp3) is 0.174. The molecule has 25 heavy (non-hydrogen) atoms. The van der Waals surface area contributed by atoms with Crippen LogP contribution in [-0.4, -0.2) is 17.9 Å². The molecule has 2 nitrogen and oxygen atoms in total. The fourth-order valence-corrected chi connectivity index (χ4v) is 3.12. The maximum atomic E-state index is 13.4. The lowest BCUT2D eigenvalue weighted by Crippen LogP contribution is -2.34.